The molecule has 1 aromatic rings. The Morgan fingerprint density at radius 3 is 2.89 bits per heavy atom. The predicted molar refractivity (Wildman–Crippen MR) is 71.1 cm³/mol. The van der Waals surface area contributed by atoms with E-state index in [0.717, 1.165) is 25.2 Å². The molecule has 102 valence electrons. The molecule has 0 aromatic carbocycles. The smallest absolute Gasteiger partial charge is 0.150 e. The molecular weight excluding hydrogens is 250 g/mol. The highest BCUT2D eigenvalue weighted by atomic mass is 32.2. The van der Waals surface area contributed by atoms with Crippen molar-refractivity contribution in [2.24, 2.45) is 5.92 Å². The maximum absolute atomic E-state index is 11.6. The lowest BCUT2D eigenvalue weighted by Gasteiger charge is -2.24. The van der Waals surface area contributed by atoms with E-state index >= 15 is 0 Å². The molecule has 1 aliphatic heterocycles. The van der Waals surface area contributed by atoms with Gasteiger partial charge in [0, 0.05) is 12.7 Å². The van der Waals surface area contributed by atoms with Gasteiger partial charge in [0.15, 0.2) is 9.84 Å². The van der Waals surface area contributed by atoms with Gasteiger partial charge in [0.25, 0.3) is 0 Å². The Balaban J connectivity index is 2.24. The van der Waals surface area contributed by atoms with Gasteiger partial charge in [-0.05, 0) is 25.8 Å². The van der Waals surface area contributed by atoms with Gasteiger partial charge >= 0.3 is 0 Å². The molecule has 2 heterocycles. The quantitative estimate of drug-likeness (QED) is 0.867. The Morgan fingerprint density at radius 1 is 1.56 bits per heavy atom. The molecule has 1 aromatic heterocycles. The maximum atomic E-state index is 11.6. The molecule has 0 aliphatic carbocycles. The summed E-state index contributed by atoms with van der Waals surface area (Å²) in [4.78, 5) is 4.18. The van der Waals surface area contributed by atoms with Crippen molar-refractivity contribution in [1.29, 1.82) is 0 Å². The first-order chi connectivity index (χ1) is 8.57. The van der Waals surface area contributed by atoms with E-state index in [9.17, 15) is 8.42 Å². The monoisotopic (exact) mass is 271 g/mol. The topological polar surface area (TPSA) is 64.0 Å². The van der Waals surface area contributed by atoms with Crippen molar-refractivity contribution >= 4 is 9.84 Å². The van der Waals surface area contributed by atoms with Crippen LogP contribution in [0.5, 0.6) is 0 Å². The number of hydrogen-bond donors (Lipinski definition) is 1. The van der Waals surface area contributed by atoms with E-state index in [-0.39, 0.29) is 12.0 Å². The molecule has 0 bridgehead atoms. The third kappa shape index (κ3) is 2.75. The third-order valence-electron chi connectivity index (χ3n) is 3.57. The van der Waals surface area contributed by atoms with Crippen LogP contribution >= 0.6 is 0 Å². The fraction of sp³-hybridized carbons (Fsp3) is 0.750. The summed E-state index contributed by atoms with van der Waals surface area (Å²) in [7, 11) is -2.84. The lowest BCUT2D eigenvalue weighted by molar-refractivity contribution is 0.381. The first-order valence-electron chi connectivity index (χ1n) is 6.51. The van der Waals surface area contributed by atoms with Crippen LogP contribution in [-0.2, 0) is 16.4 Å². The van der Waals surface area contributed by atoms with Gasteiger partial charge in [-0.15, -0.1) is 0 Å². The highest BCUT2D eigenvalue weighted by Gasteiger charge is 2.35. The van der Waals surface area contributed by atoms with Gasteiger partial charge in [0.2, 0.25) is 0 Å². The zero-order valence-electron chi connectivity index (χ0n) is 11.0. The van der Waals surface area contributed by atoms with Crippen LogP contribution in [0.4, 0.5) is 0 Å². The van der Waals surface area contributed by atoms with Gasteiger partial charge in [0.05, 0.1) is 29.6 Å². The fourth-order valence-corrected chi connectivity index (χ4v) is 4.51. The minimum atomic E-state index is -2.84. The second-order valence-electron chi connectivity index (χ2n) is 4.80. The predicted octanol–water partition coefficient (Wildman–Crippen LogP) is 0.988. The minimum Gasteiger partial charge on any atom is -0.333 e. The van der Waals surface area contributed by atoms with Crippen LogP contribution in [0.3, 0.4) is 0 Å². The summed E-state index contributed by atoms with van der Waals surface area (Å²) in [5.41, 5.74) is 1.10. The summed E-state index contributed by atoms with van der Waals surface area (Å²) >= 11 is 0. The standard InChI is InChI=1S/C12H21N3O2S/c1-3-14-12(10-5-6-18(16,17)8-10)11-7-13-9-15(11)4-2/h7,9-10,12,14H,3-6,8H2,1-2H3. The lowest BCUT2D eigenvalue weighted by atomic mass is 9.96. The van der Waals surface area contributed by atoms with Crippen LogP contribution in [0.25, 0.3) is 0 Å². The van der Waals surface area contributed by atoms with Crippen molar-refractivity contribution in [3.63, 3.8) is 0 Å². The molecule has 0 amide bonds. The summed E-state index contributed by atoms with van der Waals surface area (Å²) in [6.07, 6.45) is 4.40. The normalized spacial score (nSPS) is 24.2. The van der Waals surface area contributed by atoms with Crippen LogP contribution in [-0.4, -0.2) is 36.0 Å². The number of rotatable bonds is 5. The second kappa shape index (κ2) is 5.40. The van der Waals surface area contributed by atoms with Crippen molar-refractivity contribution in [1.82, 2.24) is 14.9 Å². The number of sulfone groups is 1. The number of aromatic nitrogens is 2. The molecule has 18 heavy (non-hydrogen) atoms. The molecular formula is C12H21N3O2S. The summed E-state index contributed by atoms with van der Waals surface area (Å²) < 4.78 is 25.3. The average Bonchev–Trinajstić information content (AvgIpc) is 2.92. The Hall–Kier alpha value is -0.880. The summed E-state index contributed by atoms with van der Waals surface area (Å²) in [5.74, 6) is 0.774. The third-order valence-corrected chi connectivity index (χ3v) is 5.36. The molecule has 0 radical (unpaired) electrons. The van der Waals surface area contributed by atoms with Crippen molar-refractivity contribution in [2.75, 3.05) is 18.1 Å². The SMILES string of the molecule is CCNC(c1cncn1CC)C1CCS(=O)(=O)C1. The highest BCUT2D eigenvalue weighted by molar-refractivity contribution is 7.91. The Bertz CT molecular complexity index is 495. The number of aryl methyl sites for hydroxylation is 1. The minimum absolute atomic E-state index is 0.0923. The average molecular weight is 271 g/mol. The van der Waals surface area contributed by atoms with Crippen LogP contribution < -0.4 is 5.32 Å². The number of nitrogens with one attached hydrogen (secondary N) is 1. The highest BCUT2D eigenvalue weighted by Crippen LogP contribution is 2.31. The second-order valence-corrected chi connectivity index (χ2v) is 7.03. The summed E-state index contributed by atoms with van der Waals surface area (Å²) in [6, 6.07) is 0.0923. The number of imidazole rings is 1. The Morgan fingerprint density at radius 2 is 2.33 bits per heavy atom. The largest absolute Gasteiger partial charge is 0.333 e. The molecule has 6 heteroatoms. The zero-order chi connectivity index (χ0) is 13.2. The van der Waals surface area contributed by atoms with Crippen molar-refractivity contribution in [3.8, 4) is 0 Å². The van der Waals surface area contributed by atoms with Crippen molar-refractivity contribution in [2.45, 2.75) is 32.9 Å². The van der Waals surface area contributed by atoms with Crippen molar-refractivity contribution < 1.29 is 8.42 Å². The molecule has 2 atom stereocenters. The molecule has 1 aliphatic rings. The van der Waals surface area contributed by atoms with Crippen molar-refractivity contribution in [3.05, 3.63) is 18.2 Å². The molecule has 0 saturated carbocycles. The molecule has 0 spiro atoms. The zero-order valence-corrected chi connectivity index (χ0v) is 11.8. The van der Waals surface area contributed by atoms with Crippen LogP contribution in [0, 0.1) is 5.92 Å². The van der Waals surface area contributed by atoms with E-state index in [1.807, 2.05) is 19.4 Å². The molecule has 2 unspecified atom stereocenters. The van der Waals surface area contributed by atoms with Crippen LogP contribution in [0.2, 0.25) is 0 Å². The number of nitrogens with zero attached hydrogens (tertiary/aromatic N) is 2. The van der Waals surface area contributed by atoms with Crippen LogP contribution in [0.15, 0.2) is 12.5 Å². The first kappa shape index (κ1) is 13.5. The molecule has 1 saturated heterocycles. The van der Waals surface area contributed by atoms with E-state index in [1.165, 1.54) is 0 Å². The fourth-order valence-electron chi connectivity index (χ4n) is 2.67. The lowest BCUT2D eigenvalue weighted by Crippen LogP contribution is -2.30. The number of hydrogen-bond acceptors (Lipinski definition) is 4. The van der Waals surface area contributed by atoms with E-state index in [2.05, 4.69) is 21.8 Å². The summed E-state index contributed by atoms with van der Waals surface area (Å²) in [5, 5.41) is 3.41. The molecule has 2 rings (SSSR count). The van der Waals surface area contributed by atoms with Gasteiger partial charge in [-0.1, -0.05) is 6.92 Å². The first-order valence-corrected chi connectivity index (χ1v) is 8.33. The van der Waals surface area contributed by atoms with Gasteiger partial charge in [0.1, 0.15) is 0 Å². The van der Waals surface area contributed by atoms with Gasteiger partial charge < -0.3 is 9.88 Å². The molecule has 1 fully saturated rings. The van der Waals surface area contributed by atoms with E-state index in [1.54, 1.807) is 0 Å². The molecule has 1 N–H and O–H groups in total. The van der Waals surface area contributed by atoms with E-state index in [4.69, 9.17) is 0 Å². The Kier molecular flexibility index (Phi) is 4.07. The van der Waals surface area contributed by atoms with Gasteiger partial charge in [-0.2, -0.15) is 0 Å². The van der Waals surface area contributed by atoms with Gasteiger partial charge in [-0.3, -0.25) is 0 Å². The maximum Gasteiger partial charge on any atom is 0.150 e. The van der Waals surface area contributed by atoms with Gasteiger partial charge in [-0.25, -0.2) is 13.4 Å². The van der Waals surface area contributed by atoms with Crippen LogP contribution in [0.1, 0.15) is 32.0 Å². The van der Waals surface area contributed by atoms with E-state index in [0.29, 0.717) is 11.5 Å². The Labute approximate surface area is 109 Å². The van der Waals surface area contributed by atoms with E-state index < -0.39 is 9.84 Å². The molecule has 5 nitrogen and oxygen atoms in total. The summed E-state index contributed by atoms with van der Waals surface area (Å²) in [6.45, 7) is 5.80.